The zero-order valence-corrected chi connectivity index (χ0v) is 9.59. The molecule has 2 nitrogen and oxygen atoms in total. The first kappa shape index (κ1) is 11.1. The Hall–Kier alpha value is 0.0625. The predicted molar refractivity (Wildman–Crippen MR) is 49.2 cm³/mol. The summed E-state index contributed by atoms with van der Waals surface area (Å²) in [5, 5.41) is 0. The SMILES string of the molecule is CO[C](=[Cr])[C@@H]1[C@@H](C)CC=C[C@H]1OC. The molecule has 3 atom stereocenters. The average Bonchev–Trinajstić information content (AvgIpc) is 2.16. The zero-order valence-electron chi connectivity index (χ0n) is 8.32. The summed E-state index contributed by atoms with van der Waals surface area (Å²) >= 11 is 2.97. The molecule has 0 radical (unpaired) electrons. The van der Waals surface area contributed by atoms with Crippen LogP contribution in [-0.2, 0) is 25.3 Å². The van der Waals surface area contributed by atoms with Gasteiger partial charge in [-0.05, 0) is 0 Å². The van der Waals surface area contributed by atoms with E-state index >= 15 is 0 Å². The molecule has 0 amide bonds. The van der Waals surface area contributed by atoms with Crippen molar-refractivity contribution in [3.63, 3.8) is 0 Å². The summed E-state index contributed by atoms with van der Waals surface area (Å²) in [6.07, 6.45) is 5.54. The van der Waals surface area contributed by atoms with E-state index in [1.54, 1.807) is 14.2 Å². The van der Waals surface area contributed by atoms with Crippen LogP contribution in [0.5, 0.6) is 0 Å². The monoisotopic (exact) mass is 220 g/mol. The van der Waals surface area contributed by atoms with E-state index in [0.717, 1.165) is 11.0 Å². The van der Waals surface area contributed by atoms with Crippen LogP contribution in [0.15, 0.2) is 12.2 Å². The molecule has 0 aromatic rings. The van der Waals surface area contributed by atoms with E-state index in [1.807, 2.05) is 0 Å². The molecule has 0 aliphatic heterocycles. The molecule has 0 fully saturated rings. The van der Waals surface area contributed by atoms with E-state index in [-0.39, 0.29) is 6.10 Å². The van der Waals surface area contributed by atoms with Crippen molar-refractivity contribution in [3.8, 4) is 0 Å². The second-order valence-electron chi connectivity index (χ2n) is 3.39. The van der Waals surface area contributed by atoms with Crippen LogP contribution in [0.2, 0.25) is 0 Å². The molecule has 0 unspecified atom stereocenters. The molecule has 13 heavy (non-hydrogen) atoms. The Morgan fingerprint density at radius 3 is 2.69 bits per heavy atom. The molecule has 74 valence electrons. The minimum atomic E-state index is 0.153. The van der Waals surface area contributed by atoms with Gasteiger partial charge in [0.15, 0.2) is 0 Å². The van der Waals surface area contributed by atoms with Crippen molar-refractivity contribution >= 4 is 4.57 Å². The van der Waals surface area contributed by atoms with Gasteiger partial charge in [0.2, 0.25) is 0 Å². The molecule has 0 saturated heterocycles. The zero-order chi connectivity index (χ0) is 9.84. The maximum atomic E-state index is 5.39. The van der Waals surface area contributed by atoms with Crippen molar-refractivity contribution in [3.05, 3.63) is 12.2 Å². The normalized spacial score (nSPS) is 33.3. The summed E-state index contributed by atoms with van der Waals surface area (Å²) in [6.45, 7) is 2.22. The molecule has 1 aliphatic carbocycles. The number of hydrogen-bond acceptors (Lipinski definition) is 2. The van der Waals surface area contributed by atoms with Gasteiger partial charge in [-0.2, -0.15) is 0 Å². The Balaban J connectivity index is 2.76. The Labute approximate surface area is 87.9 Å². The molecular weight excluding hydrogens is 204 g/mol. The van der Waals surface area contributed by atoms with E-state index < -0.39 is 0 Å². The molecule has 0 aromatic heterocycles. The van der Waals surface area contributed by atoms with Gasteiger partial charge in [-0.15, -0.1) is 0 Å². The number of rotatable bonds is 3. The first-order valence-corrected chi connectivity index (χ1v) is 5.11. The fourth-order valence-electron chi connectivity index (χ4n) is 1.75. The van der Waals surface area contributed by atoms with Crippen molar-refractivity contribution in [2.45, 2.75) is 19.4 Å². The van der Waals surface area contributed by atoms with Gasteiger partial charge >= 0.3 is 87.5 Å². The maximum absolute atomic E-state index is 5.39. The van der Waals surface area contributed by atoms with E-state index in [9.17, 15) is 0 Å². The molecule has 0 saturated carbocycles. The van der Waals surface area contributed by atoms with Crippen LogP contribution < -0.4 is 0 Å². The topological polar surface area (TPSA) is 18.5 Å². The fraction of sp³-hybridized carbons (Fsp3) is 0.700. The average molecular weight is 220 g/mol. The van der Waals surface area contributed by atoms with Crippen molar-refractivity contribution in [1.29, 1.82) is 0 Å². The summed E-state index contributed by atoms with van der Waals surface area (Å²) in [5.41, 5.74) is 0. The summed E-state index contributed by atoms with van der Waals surface area (Å²) in [5.74, 6) is 0.922. The first-order chi connectivity index (χ1) is 6.20. The summed E-state index contributed by atoms with van der Waals surface area (Å²) in [4.78, 5) is 0. The van der Waals surface area contributed by atoms with Gasteiger partial charge in [-0.1, -0.05) is 0 Å². The third kappa shape index (κ3) is 2.51. The Morgan fingerprint density at radius 1 is 1.46 bits per heavy atom. The van der Waals surface area contributed by atoms with Crippen LogP contribution in [0, 0.1) is 11.8 Å². The van der Waals surface area contributed by atoms with Crippen LogP contribution in [-0.4, -0.2) is 24.9 Å². The second-order valence-corrected chi connectivity index (χ2v) is 4.02. The number of methoxy groups -OCH3 is 2. The molecule has 3 heteroatoms. The van der Waals surface area contributed by atoms with Crippen LogP contribution in [0.1, 0.15) is 13.3 Å². The van der Waals surface area contributed by atoms with Crippen molar-refractivity contribution < 1.29 is 25.3 Å². The number of allylic oxidation sites excluding steroid dienone is 1. The molecule has 0 bridgehead atoms. The van der Waals surface area contributed by atoms with Gasteiger partial charge in [0.25, 0.3) is 0 Å². The Bertz CT molecular complexity index is 213. The van der Waals surface area contributed by atoms with Gasteiger partial charge in [-0.3, -0.25) is 0 Å². The molecular formula is C10H16CrO2. The molecule has 0 spiro atoms. The minimum absolute atomic E-state index is 0.153. The quantitative estimate of drug-likeness (QED) is 0.672. The first-order valence-electron chi connectivity index (χ1n) is 4.48. The van der Waals surface area contributed by atoms with Crippen LogP contribution in [0.3, 0.4) is 0 Å². The Kier molecular flexibility index (Phi) is 4.34. The molecule has 0 N–H and O–H groups in total. The van der Waals surface area contributed by atoms with E-state index in [2.05, 4.69) is 34.9 Å². The van der Waals surface area contributed by atoms with Crippen molar-refractivity contribution in [2.24, 2.45) is 11.8 Å². The summed E-state index contributed by atoms with van der Waals surface area (Å²) < 4.78 is 11.6. The van der Waals surface area contributed by atoms with E-state index in [4.69, 9.17) is 9.47 Å². The predicted octanol–water partition coefficient (Wildman–Crippen LogP) is 1.54. The Morgan fingerprint density at radius 2 is 2.15 bits per heavy atom. The van der Waals surface area contributed by atoms with E-state index in [0.29, 0.717) is 11.8 Å². The van der Waals surface area contributed by atoms with Gasteiger partial charge in [0, 0.05) is 0 Å². The summed E-state index contributed by atoms with van der Waals surface area (Å²) in [6, 6.07) is 0. The van der Waals surface area contributed by atoms with Crippen LogP contribution >= 0.6 is 0 Å². The number of ether oxygens (including phenoxy) is 2. The van der Waals surface area contributed by atoms with Gasteiger partial charge in [-0.25, -0.2) is 0 Å². The molecule has 0 heterocycles. The second kappa shape index (κ2) is 5.07. The van der Waals surface area contributed by atoms with Crippen molar-refractivity contribution in [1.82, 2.24) is 0 Å². The standard InChI is InChI=1S/C10H16O2.Cr/c1-8-5-4-6-10(12-3)9(8)7-11-2;/h4,6,8-10H,5H2,1-3H3;/t8-,9+,10+;/m0./s1. The fourth-order valence-corrected chi connectivity index (χ4v) is 2.32. The molecule has 1 aliphatic rings. The third-order valence-corrected chi connectivity index (χ3v) is 3.23. The van der Waals surface area contributed by atoms with Gasteiger partial charge < -0.3 is 0 Å². The van der Waals surface area contributed by atoms with Crippen molar-refractivity contribution in [2.75, 3.05) is 14.2 Å². The third-order valence-electron chi connectivity index (χ3n) is 2.55. The van der Waals surface area contributed by atoms with Crippen LogP contribution in [0.4, 0.5) is 0 Å². The molecule has 1 rings (SSSR count). The number of hydrogen-bond donors (Lipinski definition) is 0. The van der Waals surface area contributed by atoms with Gasteiger partial charge in [0.05, 0.1) is 0 Å². The molecule has 0 aromatic carbocycles. The van der Waals surface area contributed by atoms with Gasteiger partial charge in [0.1, 0.15) is 0 Å². The van der Waals surface area contributed by atoms with E-state index in [1.165, 1.54) is 0 Å². The van der Waals surface area contributed by atoms with Crippen LogP contribution in [0.25, 0.3) is 0 Å². The summed E-state index contributed by atoms with van der Waals surface area (Å²) in [7, 11) is 3.44.